The zero-order valence-electron chi connectivity index (χ0n) is 18.0. The van der Waals surface area contributed by atoms with Crippen LogP contribution in [0.4, 0.5) is 0 Å². The predicted molar refractivity (Wildman–Crippen MR) is 124 cm³/mol. The molecule has 1 aromatic rings. The lowest BCUT2D eigenvalue weighted by molar-refractivity contribution is -0.105. The van der Waals surface area contributed by atoms with Crippen molar-refractivity contribution in [1.82, 2.24) is 0 Å². The second-order valence-electron chi connectivity index (χ2n) is 11.0. The fraction of sp³-hybridized carbons (Fsp3) is 0.731. The van der Waals surface area contributed by atoms with Gasteiger partial charge in [-0.05, 0) is 104 Å². The van der Waals surface area contributed by atoms with E-state index in [4.69, 9.17) is 4.99 Å². The number of aromatic hydroxyl groups is 1. The van der Waals surface area contributed by atoms with Crippen LogP contribution in [0.1, 0.15) is 83.6 Å². The SMILES string of the molecule is C[C@]12CCCCC1CC[C@@H]1[C@@H]2CC[C@]2(C)C(N=Cc3cc(Br)ccc3O)CC[C@@H]12. The third-order valence-electron chi connectivity index (χ3n) is 9.92. The predicted octanol–water partition coefficient (Wildman–Crippen LogP) is 7.38. The van der Waals surface area contributed by atoms with E-state index >= 15 is 0 Å². The van der Waals surface area contributed by atoms with E-state index in [0.29, 0.717) is 22.6 Å². The van der Waals surface area contributed by atoms with Crippen molar-refractivity contribution < 1.29 is 5.11 Å². The van der Waals surface area contributed by atoms with E-state index in [9.17, 15) is 5.11 Å². The smallest absolute Gasteiger partial charge is 0.124 e. The summed E-state index contributed by atoms with van der Waals surface area (Å²) in [7, 11) is 0. The van der Waals surface area contributed by atoms with Crippen molar-refractivity contribution in [3.8, 4) is 5.75 Å². The topological polar surface area (TPSA) is 32.6 Å². The van der Waals surface area contributed by atoms with Crippen molar-refractivity contribution in [3.05, 3.63) is 28.2 Å². The van der Waals surface area contributed by atoms with Crippen LogP contribution in [0.15, 0.2) is 27.7 Å². The lowest BCUT2D eigenvalue weighted by Crippen LogP contribution is -2.53. The van der Waals surface area contributed by atoms with Crippen molar-refractivity contribution in [2.45, 2.75) is 84.1 Å². The molecule has 0 aliphatic heterocycles. The van der Waals surface area contributed by atoms with E-state index in [-0.39, 0.29) is 0 Å². The van der Waals surface area contributed by atoms with Gasteiger partial charge in [-0.3, -0.25) is 4.99 Å². The molecule has 29 heavy (non-hydrogen) atoms. The first kappa shape index (κ1) is 20.1. The molecule has 1 aromatic carbocycles. The Morgan fingerprint density at radius 2 is 1.79 bits per heavy atom. The fourth-order valence-electron chi connectivity index (χ4n) is 8.31. The molecule has 3 heteroatoms. The van der Waals surface area contributed by atoms with Crippen molar-refractivity contribution in [2.24, 2.45) is 39.5 Å². The monoisotopic (exact) mass is 457 g/mol. The molecule has 4 aliphatic rings. The molecule has 2 nitrogen and oxygen atoms in total. The Balaban J connectivity index is 1.37. The minimum Gasteiger partial charge on any atom is -0.507 e. The first-order chi connectivity index (χ1) is 13.9. The molecule has 5 rings (SSSR count). The van der Waals surface area contributed by atoms with E-state index in [0.717, 1.165) is 33.7 Å². The normalized spacial score (nSPS) is 44.3. The summed E-state index contributed by atoms with van der Waals surface area (Å²) in [5.41, 5.74) is 1.79. The second-order valence-corrected chi connectivity index (χ2v) is 11.9. The molecule has 0 heterocycles. The van der Waals surface area contributed by atoms with Gasteiger partial charge in [-0.2, -0.15) is 0 Å². The van der Waals surface area contributed by atoms with Crippen molar-refractivity contribution in [3.63, 3.8) is 0 Å². The molecule has 4 saturated carbocycles. The van der Waals surface area contributed by atoms with Crippen LogP contribution < -0.4 is 0 Å². The minimum absolute atomic E-state index is 0.323. The van der Waals surface area contributed by atoms with Gasteiger partial charge in [0.25, 0.3) is 0 Å². The quantitative estimate of drug-likeness (QED) is 0.461. The van der Waals surface area contributed by atoms with Gasteiger partial charge in [-0.1, -0.05) is 42.6 Å². The average molecular weight is 458 g/mol. The number of phenolic OH excluding ortho intramolecular Hbond substituents is 1. The number of hydrogen-bond donors (Lipinski definition) is 1. The largest absolute Gasteiger partial charge is 0.507 e. The minimum atomic E-state index is 0.323. The van der Waals surface area contributed by atoms with Crippen LogP contribution in [0.2, 0.25) is 0 Å². The zero-order valence-corrected chi connectivity index (χ0v) is 19.6. The number of fused-ring (bicyclic) bond motifs is 5. The van der Waals surface area contributed by atoms with Gasteiger partial charge in [-0.15, -0.1) is 0 Å². The van der Waals surface area contributed by atoms with Gasteiger partial charge in [0.1, 0.15) is 5.75 Å². The van der Waals surface area contributed by atoms with Gasteiger partial charge in [0, 0.05) is 16.3 Å². The lowest BCUT2D eigenvalue weighted by atomic mass is 9.45. The van der Waals surface area contributed by atoms with Crippen LogP contribution in [0, 0.1) is 34.5 Å². The zero-order chi connectivity index (χ0) is 20.2. The standard InChI is InChI=1S/C26H36BrNO/c1-25-13-4-3-5-18(25)6-8-20-21-9-11-24(26(21,2)14-12-22(20)25)28-16-17-15-19(27)7-10-23(17)29/h7,10,15-16,18,20-22,24,29H,3-6,8-9,11-14H2,1-2H3/t18?,20-,21-,22-,24?,25-,26-/m0/s1. The number of hydrogen-bond acceptors (Lipinski definition) is 2. The molecule has 2 unspecified atom stereocenters. The summed E-state index contributed by atoms with van der Waals surface area (Å²) in [6, 6.07) is 6.00. The van der Waals surface area contributed by atoms with Gasteiger partial charge in [-0.25, -0.2) is 0 Å². The van der Waals surface area contributed by atoms with Crippen LogP contribution in [0.25, 0.3) is 0 Å². The molecular weight excluding hydrogens is 422 g/mol. The first-order valence-electron chi connectivity index (χ1n) is 11.9. The molecule has 4 fully saturated rings. The van der Waals surface area contributed by atoms with Crippen molar-refractivity contribution in [2.75, 3.05) is 0 Å². The average Bonchev–Trinajstić information content (AvgIpc) is 3.04. The number of aliphatic imine (C=N–C) groups is 1. The van der Waals surface area contributed by atoms with Crippen LogP contribution >= 0.6 is 15.9 Å². The Labute approximate surface area is 184 Å². The maximum absolute atomic E-state index is 10.2. The van der Waals surface area contributed by atoms with E-state index in [1.165, 1.54) is 64.2 Å². The van der Waals surface area contributed by atoms with Crippen LogP contribution in [-0.4, -0.2) is 17.4 Å². The Kier molecular flexibility index (Phi) is 5.12. The highest BCUT2D eigenvalue weighted by atomic mass is 79.9. The van der Waals surface area contributed by atoms with E-state index in [1.807, 2.05) is 18.3 Å². The highest BCUT2D eigenvalue weighted by molar-refractivity contribution is 9.10. The summed E-state index contributed by atoms with van der Waals surface area (Å²) >= 11 is 3.51. The van der Waals surface area contributed by atoms with Crippen LogP contribution in [0.3, 0.4) is 0 Å². The summed E-state index contributed by atoms with van der Waals surface area (Å²) in [4.78, 5) is 5.08. The number of halogens is 1. The first-order valence-corrected chi connectivity index (χ1v) is 12.7. The van der Waals surface area contributed by atoms with Gasteiger partial charge in [0.15, 0.2) is 0 Å². The van der Waals surface area contributed by atoms with E-state index in [1.54, 1.807) is 6.07 Å². The lowest BCUT2D eigenvalue weighted by Gasteiger charge is -2.60. The number of rotatable bonds is 2. The van der Waals surface area contributed by atoms with Gasteiger partial charge >= 0.3 is 0 Å². The maximum Gasteiger partial charge on any atom is 0.124 e. The summed E-state index contributed by atoms with van der Waals surface area (Å²) in [5.74, 6) is 4.05. The molecule has 0 saturated heterocycles. The molecule has 0 radical (unpaired) electrons. The number of benzene rings is 1. The molecule has 4 aliphatic carbocycles. The fourth-order valence-corrected chi connectivity index (χ4v) is 8.69. The third-order valence-corrected chi connectivity index (χ3v) is 10.4. The van der Waals surface area contributed by atoms with Crippen LogP contribution in [0.5, 0.6) is 5.75 Å². The van der Waals surface area contributed by atoms with Crippen molar-refractivity contribution >= 4 is 22.1 Å². The Hall–Kier alpha value is -0.830. The molecule has 1 N–H and O–H groups in total. The van der Waals surface area contributed by atoms with Gasteiger partial charge < -0.3 is 5.11 Å². The Morgan fingerprint density at radius 1 is 0.966 bits per heavy atom. The summed E-state index contributed by atoms with van der Waals surface area (Å²) in [5, 5.41) is 10.2. The van der Waals surface area contributed by atoms with E-state index in [2.05, 4.69) is 29.8 Å². The number of phenols is 1. The molecular formula is C26H36BrNO. The summed E-state index contributed by atoms with van der Waals surface area (Å²) in [6.45, 7) is 5.20. The summed E-state index contributed by atoms with van der Waals surface area (Å²) in [6.07, 6.45) is 16.1. The number of nitrogens with zero attached hydrogens (tertiary/aromatic N) is 1. The Bertz CT molecular complexity index is 806. The van der Waals surface area contributed by atoms with Gasteiger partial charge in [0.05, 0.1) is 6.04 Å². The van der Waals surface area contributed by atoms with Crippen LogP contribution in [-0.2, 0) is 0 Å². The maximum atomic E-state index is 10.2. The highest BCUT2D eigenvalue weighted by Gasteiger charge is 2.59. The molecule has 0 amide bonds. The molecule has 0 bridgehead atoms. The molecule has 0 aromatic heterocycles. The summed E-state index contributed by atoms with van der Waals surface area (Å²) < 4.78 is 0.991. The third kappa shape index (κ3) is 3.22. The second kappa shape index (κ2) is 7.39. The van der Waals surface area contributed by atoms with Crippen molar-refractivity contribution in [1.29, 1.82) is 0 Å². The Morgan fingerprint density at radius 3 is 2.66 bits per heavy atom. The van der Waals surface area contributed by atoms with E-state index < -0.39 is 0 Å². The molecule has 0 spiro atoms. The van der Waals surface area contributed by atoms with Gasteiger partial charge in [0.2, 0.25) is 0 Å². The highest BCUT2D eigenvalue weighted by Crippen LogP contribution is 2.66. The molecule has 158 valence electrons. The molecule has 7 atom stereocenters.